The zero-order chi connectivity index (χ0) is 14.9. The second-order valence-corrected chi connectivity index (χ2v) is 9.27. The second-order valence-electron chi connectivity index (χ2n) is 7.04. The van der Waals surface area contributed by atoms with E-state index in [-0.39, 0.29) is 36.0 Å². The molecule has 1 heterocycles. The Morgan fingerprint density at radius 2 is 2.00 bits per heavy atom. The number of rotatable bonds is 6. The lowest BCUT2D eigenvalue weighted by atomic mass is 9.67. The van der Waals surface area contributed by atoms with Gasteiger partial charge in [-0.1, -0.05) is 12.8 Å². The molecule has 0 bridgehead atoms. The molecule has 2 atom stereocenters. The molecule has 1 saturated heterocycles. The summed E-state index contributed by atoms with van der Waals surface area (Å²) in [5.41, 5.74) is -0.279. The van der Waals surface area contributed by atoms with Crippen LogP contribution in [-0.2, 0) is 14.6 Å². The van der Waals surface area contributed by atoms with Crippen LogP contribution in [0.4, 0.5) is 0 Å². The third-order valence-electron chi connectivity index (χ3n) is 5.38. The van der Waals surface area contributed by atoms with Crippen molar-refractivity contribution in [1.82, 2.24) is 10.6 Å². The molecule has 2 N–H and O–H groups in total. The van der Waals surface area contributed by atoms with Crippen LogP contribution in [0.5, 0.6) is 0 Å². The third kappa shape index (κ3) is 3.95. The molecule has 3 fully saturated rings. The minimum absolute atomic E-state index is 0. The molecule has 3 aliphatic rings. The van der Waals surface area contributed by atoms with Crippen LogP contribution < -0.4 is 10.6 Å². The van der Waals surface area contributed by atoms with Crippen LogP contribution in [-0.4, -0.2) is 45.5 Å². The van der Waals surface area contributed by atoms with E-state index in [1.165, 1.54) is 6.42 Å². The molecule has 22 heavy (non-hydrogen) atoms. The number of hydrogen-bond donors (Lipinski definition) is 2. The van der Waals surface area contributed by atoms with Crippen LogP contribution in [0.2, 0.25) is 0 Å². The van der Waals surface area contributed by atoms with Crippen molar-refractivity contribution in [2.45, 2.75) is 38.5 Å². The first-order valence-corrected chi connectivity index (χ1v) is 10.0. The molecule has 0 aromatic rings. The summed E-state index contributed by atoms with van der Waals surface area (Å²) in [5, 5.41) is 6.25. The minimum Gasteiger partial charge on any atom is -0.355 e. The molecule has 0 unspecified atom stereocenters. The van der Waals surface area contributed by atoms with Gasteiger partial charge < -0.3 is 10.6 Å². The van der Waals surface area contributed by atoms with Gasteiger partial charge >= 0.3 is 0 Å². The van der Waals surface area contributed by atoms with Gasteiger partial charge in [0.05, 0.1) is 16.9 Å². The van der Waals surface area contributed by atoms with Crippen LogP contribution in [0.15, 0.2) is 0 Å². The van der Waals surface area contributed by atoms with Gasteiger partial charge in [-0.05, 0) is 44.1 Å². The van der Waals surface area contributed by atoms with Crippen LogP contribution in [0.25, 0.3) is 0 Å². The fourth-order valence-corrected chi connectivity index (χ4v) is 5.54. The van der Waals surface area contributed by atoms with Crippen molar-refractivity contribution in [3.05, 3.63) is 0 Å². The number of sulfone groups is 1. The second kappa shape index (κ2) is 7.05. The Bertz CT molecular complexity index is 507. The van der Waals surface area contributed by atoms with E-state index in [4.69, 9.17) is 0 Å². The molecule has 2 aliphatic carbocycles. The minimum atomic E-state index is -3.00. The molecule has 5 nitrogen and oxygen atoms in total. The van der Waals surface area contributed by atoms with Crippen LogP contribution in [0.3, 0.4) is 0 Å². The number of halogens is 1. The van der Waals surface area contributed by atoms with E-state index in [2.05, 4.69) is 10.6 Å². The number of nitrogens with one attached hydrogen (secondary N) is 2. The van der Waals surface area contributed by atoms with E-state index >= 15 is 0 Å². The highest BCUT2D eigenvalue weighted by molar-refractivity contribution is 7.91. The fraction of sp³-hybridized carbons (Fsp3) is 0.933. The van der Waals surface area contributed by atoms with Gasteiger partial charge in [-0.2, -0.15) is 0 Å². The van der Waals surface area contributed by atoms with Gasteiger partial charge in [0.1, 0.15) is 0 Å². The Labute approximate surface area is 139 Å². The third-order valence-corrected chi connectivity index (χ3v) is 7.18. The zero-order valence-corrected chi connectivity index (χ0v) is 14.6. The van der Waals surface area contributed by atoms with E-state index in [0.717, 1.165) is 45.2 Å². The molecule has 1 aliphatic heterocycles. The summed E-state index contributed by atoms with van der Waals surface area (Å²) in [4.78, 5) is 12.6. The van der Waals surface area contributed by atoms with E-state index in [1.807, 2.05) is 0 Å². The molecule has 1 amide bonds. The molecule has 128 valence electrons. The Morgan fingerprint density at radius 1 is 1.23 bits per heavy atom. The number of fused-ring (bicyclic) bond motifs is 1. The first kappa shape index (κ1) is 18.0. The predicted octanol–water partition coefficient (Wildman–Crippen LogP) is 1.13. The Morgan fingerprint density at radius 3 is 2.73 bits per heavy atom. The van der Waals surface area contributed by atoms with E-state index in [9.17, 15) is 13.2 Å². The lowest BCUT2D eigenvalue weighted by Gasteiger charge is -2.37. The highest BCUT2D eigenvalue weighted by Gasteiger charge is 2.49. The normalized spacial score (nSPS) is 31.2. The van der Waals surface area contributed by atoms with E-state index in [0.29, 0.717) is 17.6 Å². The molecule has 0 radical (unpaired) electrons. The lowest BCUT2D eigenvalue weighted by Crippen LogP contribution is -2.48. The lowest BCUT2D eigenvalue weighted by molar-refractivity contribution is -0.133. The highest BCUT2D eigenvalue weighted by atomic mass is 35.5. The van der Waals surface area contributed by atoms with Crippen molar-refractivity contribution in [2.75, 3.05) is 31.1 Å². The first-order valence-electron chi connectivity index (χ1n) is 8.21. The first-order chi connectivity index (χ1) is 10.0. The molecule has 0 spiro atoms. The largest absolute Gasteiger partial charge is 0.355 e. The van der Waals surface area contributed by atoms with Crippen molar-refractivity contribution in [1.29, 1.82) is 0 Å². The van der Waals surface area contributed by atoms with Crippen LogP contribution in [0.1, 0.15) is 38.5 Å². The topological polar surface area (TPSA) is 75.3 Å². The van der Waals surface area contributed by atoms with Gasteiger partial charge in [0.15, 0.2) is 9.84 Å². The monoisotopic (exact) mass is 350 g/mol. The van der Waals surface area contributed by atoms with E-state index in [1.54, 1.807) is 0 Å². The average Bonchev–Trinajstić information content (AvgIpc) is 3.12. The smallest absolute Gasteiger partial charge is 0.227 e. The maximum Gasteiger partial charge on any atom is 0.227 e. The van der Waals surface area contributed by atoms with Crippen molar-refractivity contribution in [3.63, 3.8) is 0 Å². The summed E-state index contributed by atoms with van der Waals surface area (Å²) in [5.74, 6) is 1.26. The maximum absolute atomic E-state index is 12.6. The molecule has 0 aromatic heterocycles. The standard InChI is InChI=1S/C15H26N2O3S.ClH/c18-14(15-6-2-1-3-13(15)9-16-11-15)17-7-8-21(19,20)10-12-4-5-12;/h12-13,16H,1-11H2,(H,17,18);1H/t13-,15+;/m0./s1. The van der Waals surface area contributed by atoms with Gasteiger partial charge in [-0.15, -0.1) is 12.4 Å². The summed E-state index contributed by atoms with van der Waals surface area (Å²) in [6.45, 7) is 1.94. The quantitative estimate of drug-likeness (QED) is 0.753. The molecule has 2 saturated carbocycles. The Hall–Kier alpha value is -0.330. The van der Waals surface area contributed by atoms with Gasteiger partial charge in [0, 0.05) is 13.1 Å². The fourth-order valence-electron chi connectivity index (χ4n) is 3.91. The maximum atomic E-state index is 12.6. The van der Waals surface area contributed by atoms with Gasteiger partial charge in [0.2, 0.25) is 5.91 Å². The molecule has 3 rings (SSSR count). The zero-order valence-electron chi connectivity index (χ0n) is 13.0. The van der Waals surface area contributed by atoms with E-state index < -0.39 is 9.84 Å². The summed E-state index contributed by atoms with van der Waals surface area (Å²) in [7, 11) is -3.00. The van der Waals surface area contributed by atoms with Gasteiger partial charge in [0.25, 0.3) is 0 Å². The highest BCUT2D eigenvalue weighted by Crippen LogP contribution is 2.43. The SMILES string of the molecule is Cl.O=C(NCCS(=O)(=O)CC1CC1)[C@@]12CCCC[C@H]1CNC2. The van der Waals surface area contributed by atoms with Crippen molar-refractivity contribution >= 4 is 28.2 Å². The number of hydrogen-bond acceptors (Lipinski definition) is 4. The van der Waals surface area contributed by atoms with Crippen molar-refractivity contribution < 1.29 is 13.2 Å². The number of carbonyl (C=O) groups excluding carboxylic acids is 1. The predicted molar refractivity (Wildman–Crippen MR) is 88.9 cm³/mol. The summed E-state index contributed by atoms with van der Waals surface area (Å²) in [6.07, 6.45) is 6.44. The number of amides is 1. The van der Waals surface area contributed by atoms with Gasteiger partial charge in [-0.25, -0.2) is 8.42 Å². The molecule has 7 heteroatoms. The molecular weight excluding hydrogens is 324 g/mol. The summed E-state index contributed by atoms with van der Waals surface area (Å²) < 4.78 is 23.8. The number of carbonyl (C=O) groups is 1. The average molecular weight is 351 g/mol. The van der Waals surface area contributed by atoms with Crippen molar-refractivity contribution in [3.8, 4) is 0 Å². The van der Waals surface area contributed by atoms with Gasteiger partial charge in [-0.3, -0.25) is 4.79 Å². The molecule has 0 aromatic carbocycles. The van der Waals surface area contributed by atoms with Crippen molar-refractivity contribution in [2.24, 2.45) is 17.3 Å². The van der Waals surface area contributed by atoms with Crippen LogP contribution in [0, 0.1) is 17.3 Å². The Kier molecular flexibility index (Phi) is 5.78. The molecular formula is C15H27ClN2O3S. The summed E-state index contributed by atoms with van der Waals surface area (Å²) >= 11 is 0. The Balaban J connectivity index is 0.00000176. The summed E-state index contributed by atoms with van der Waals surface area (Å²) in [6, 6.07) is 0. The van der Waals surface area contributed by atoms with Crippen LogP contribution >= 0.6 is 12.4 Å².